The van der Waals surface area contributed by atoms with Gasteiger partial charge in [-0.2, -0.15) is 0 Å². The van der Waals surface area contributed by atoms with Crippen molar-refractivity contribution >= 4 is 19.2 Å². The number of hydrogen-bond donors (Lipinski definition) is 1. The molecule has 20 heavy (non-hydrogen) atoms. The third-order valence-corrected chi connectivity index (χ3v) is 4.49. The fourth-order valence-corrected chi connectivity index (χ4v) is 3.15. The minimum atomic E-state index is 0.373. The summed E-state index contributed by atoms with van der Waals surface area (Å²) >= 11 is 0. The van der Waals surface area contributed by atoms with Crippen LogP contribution in [-0.2, 0) is 0 Å². The van der Waals surface area contributed by atoms with Crippen LogP contribution in [0.3, 0.4) is 0 Å². The molecular formula is C18H15OP. The highest BCUT2D eigenvalue weighted by molar-refractivity contribution is 7.55. The van der Waals surface area contributed by atoms with Gasteiger partial charge in [0, 0.05) is 5.30 Å². The molecule has 3 aromatic rings. The highest BCUT2D eigenvalue weighted by atomic mass is 31.1. The summed E-state index contributed by atoms with van der Waals surface area (Å²) in [6.07, 6.45) is 0. The van der Waals surface area contributed by atoms with Crippen molar-refractivity contribution in [3.63, 3.8) is 0 Å². The molecule has 1 nitrogen and oxygen atoms in total. The Kier molecular flexibility index (Phi) is 3.80. The lowest BCUT2D eigenvalue weighted by Crippen LogP contribution is -2.03. The van der Waals surface area contributed by atoms with Crippen molar-refractivity contribution in [2.75, 3.05) is 0 Å². The van der Waals surface area contributed by atoms with Crippen LogP contribution in [0.5, 0.6) is 5.75 Å². The molecule has 0 heterocycles. The van der Waals surface area contributed by atoms with Crippen molar-refractivity contribution in [1.29, 1.82) is 0 Å². The van der Waals surface area contributed by atoms with E-state index in [9.17, 15) is 5.11 Å². The molecule has 0 aliphatic heterocycles. The van der Waals surface area contributed by atoms with Gasteiger partial charge in [0.15, 0.2) is 0 Å². The van der Waals surface area contributed by atoms with Crippen LogP contribution < -0.4 is 10.6 Å². The predicted octanol–water partition coefficient (Wildman–Crippen LogP) is 3.69. The zero-order valence-corrected chi connectivity index (χ0v) is 12.0. The standard InChI is InChI=1S/C18H15OP/c19-17-8-4-5-9-18(17)20-16-12-10-15(11-13-16)14-6-2-1-3-7-14/h1-13,19-20H. The lowest BCUT2D eigenvalue weighted by Gasteiger charge is -2.06. The number of hydrogen-bond acceptors (Lipinski definition) is 1. The first kappa shape index (κ1) is 12.9. The highest BCUT2D eigenvalue weighted by Gasteiger charge is 2.02. The number of benzene rings is 3. The Bertz CT molecular complexity index is 690. The van der Waals surface area contributed by atoms with E-state index in [1.807, 2.05) is 36.4 Å². The average Bonchev–Trinajstić information content (AvgIpc) is 2.51. The molecule has 98 valence electrons. The molecule has 0 bridgehead atoms. The molecule has 0 aliphatic carbocycles. The van der Waals surface area contributed by atoms with E-state index >= 15 is 0 Å². The zero-order chi connectivity index (χ0) is 13.8. The average molecular weight is 278 g/mol. The minimum absolute atomic E-state index is 0.373. The first-order valence-electron chi connectivity index (χ1n) is 6.53. The quantitative estimate of drug-likeness (QED) is 0.724. The number of aromatic hydroxyl groups is 1. The molecule has 1 N–H and O–H groups in total. The summed E-state index contributed by atoms with van der Waals surface area (Å²) < 4.78 is 0. The molecule has 0 fully saturated rings. The van der Waals surface area contributed by atoms with Crippen molar-refractivity contribution in [1.82, 2.24) is 0 Å². The molecule has 0 aromatic heterocycles. The van der Waals surface area contributed by atoms with Gasteiger partial charge < -0.3 is 5.11 Å². The van der Waals surface area contributed by atoms with Crippen LogP contribution in [-0.4, -0.2) is 5.11 Å². The van der Waals surface area contributed by atoms with Crippen molar-refractivity contribution in [2.24, 2.45) is 0 Å². The monoisotopic (exact) mass is 278 g/mol. The van der Waals surface area contributed by atoms with Crippen molar-refractivity contribution in [3.05, 3.63) is 78.9 Å². The minimum Gasteiger partial charge on any atom is -0.507 e. The van der Waals surface area contributed by atoms with Crippen LogP contribution in [0.15, 0.2) is 78.9 Å². The number of phenolic OH excluding ortho intramolecular Hbond substituents is 1. The lowest BCUT2D eigenvalue weighted by atomic mass is 10.1. The molecule has 0 saturated heterocycles. The molecule has 0 aliphatic rings. The molecular weight excluding hydrogens is 263 g/mol. The van der Waals surface area contributed by atoms with Gasteiger partial charge in [-0.1, -0.05) is 81.4 Å². The smallest absolute Gasteiger partial charge is 0.123 e. The third kappa shape index (κ3) is 2.89. The van der Waals surface area contributed by atoms with Crippen molar-refractivity contribution in [3.8, 4) is 16.9 Å². The number of para-hydroxylation sites is 1. The van der Waals surface area contributed by atoms with E-state index in [1.165, 1.54) is 16.4 Å². The second-order valence-corrected chi connectivity index (χ2v) is 5.95. The summed E-state index contributed by atoms with van der Waals surface area (Å²) in [5, 5.41) is 12.0. The summed E-state index contributed by atoms with van der Waals surface area (Å²) in [5.41, 5.74) is 2.45. The van der Waals surface area contributed by atoms with E-state index in [2.05, 4.69) is 36.4 Å². The molecule has 0 radical (unpaired) electrons. The first-order chi connectivity index (χ1) is 9.83. The Morgan fingerprint density at radius 3 is 1.90 bits per heavy atom. The van der Waals surface area contributed by atoms with E-state index in [0.29, 0.717) is 14.3 Å². The Morgan fingerprint density at radius 2 is 1.20 bits per heavy atom. The molecule has 3 rings (SSSR count). The molecule has 1 unspecified atom stereocenters. The molecule has 3 aromatic carbocycles. The molecule has 1 atom stereocenters. The summed E-state index contributed by atoms with van der Waals surface area (Å²) in [7, 11) is 0.480. The first-order valence-corrected chi connectivity index (χ1v) is 7.53. The SMILES string of the molecule is Oc1ccccc1Pc1ccc(-c2ccccc2)cc1. The van der Waals surface area contributed by atoms with E-state index in [-0.39, 0.29) is 0 Å². The maximum absolute atomic E-state index is 9.81. The molecule has 0 spiro atoms. The number of rotatable bonds is 3. The van der Waals surface area contributed by atoms with Gasteiger partial charge in [-0.05, 0) is 22.5 Å². The van der Waals surface area contributed by atoms with Gasteiger partial charge in [-0.25, -0.2) is 0 Å². The molecule has 0 amide bonds. The fraction of sp³-hybridized carbons (Fsp3) is 0. The van der Waals surface area contributed by atoms with Crippen LogP contribution >= 0.6 is 8.58 Å². The number of phenols is 1. The van der Waals surface area contributed by atoms with Gasteiger partial charge >= 0.3 is 0 Å². The molecule has 0 saturated carbocycles. The van der Waals surface area contributed by atoms with Crippen molar-refractivity contribution < 1.29 is 5.11 Å². The largest absolute Gasteiger partial charge is 0.507 e. The Morgan fingerprint density at radius 1 is 0.600 bits per heavy atom. The van der Waals surface area contributed by atoms with Gasteiger partial charge in [0.05, 0.1) is 0 Å². The Labute approximate surface area is 120 Å². The van der Waals surface area contributed by atoms with Gasteiger partial charge in [-0.3, -0.25) is 0 Å². The van der Waals surface area contributed by atoms with Crippen LogP contribution in [0.4, 0.5) is 0 Å². The van der Waals surface area contributed by atoms with Crippen LogP contribution in [0.1, 0.15) is 0 Å². The van der Waals surface area contributed by atoms with Gasteiger partial charge in [-0.15, -0.1) is 0 Å². The van der Waals surface area contributed by atoms with E-state index < -0.39 is 0 Å². The highest BCUT2D eigenvalue weighted by Crippen LogP contribution is 2.21. The van der Waals surface area contributed by atoms with E-state index in [0.717, 1.165) is 5.30 Å². The van der Waals surface area contributed by atoms with Crippen LogP contribution in [0.2, 0.25) is 0 Å². The summed E-state index contributed by atoms with van der Waals surface area (Å²) in [6, 6.07) is 26.4. The topological polar surface area (TPSA) is 20.2 Å². The van der Waals surface area contributed by atoms with Gasteiger partial charge in [0.1, 0.15) is 5.75 Å². The molecule has 2 heteroatoms. The maximum Gasteiger partial charge on any atom is 0.123 e. The van der Waals surface area contributed by atoms with E-state index in [4.69, 9.17) is 0 Å². The predicted molar refractivity (Wildman–Crippen MR) is 87.6 cm³/mol. The second kappa shape index (κ2) is 5.90. The fourth-order valence-electron chi connectivity index (χ4n) is 2.11. The Hall–Kier alpha value is -2.11. The zero-order valence-electron chi connectivity index (χ0n) is 11.0. The van der Waals surface area contributed by atoms with E-state index in [1.54, 1.807) is 6.07 Å². The maximum atomic E-state index is 9.81. The van der Waals surface area contributed by atoms with Gasteiger partial charge in [0.25, 0.3) is 0 Å². The second-order valence-electron chi connectivity index (χ2n) is 4.59. The lowest BCUT2D eigenvalue weighted by molar-refractivity contribution is 0.480. The van der Waals surface area contributed by atoms with Crippen LogP contribution in [0.25, 0.3) is 11.1 Å². The Balaban J connectivity index is 1.82. The van der Waals surface area contributed by atoms with Gasteiger partial charge in [0.2, 0.25) is 0 Å². The normalized spacial score (nSPS) is 11.0. The summed E-state index contributed by atoms with van der Waals surface area (Å²) in [4.78, 5) is 0. The van der Waals surface area contributed by atoms with Crippen LogP contribution in [0, 0.1) is 0 Å². The third-order valence-electron chi connectivity index (χ3n) is 3.18. The summed E-state index contributed by atoms with van der Waals surface area (Å²) in [6.45, 7) is 0. The van der Waals surface area contributed by atoms with Crippen molar-refractivity contribution in [2.45, 2.75) is 0 Å². The summed E-state index contributed by atoms with van der Waals surface area (Å²) in [5.74, 6) is 0.373.